The number of fused-ring (bicyclic) bond motifs is 1. The van der Waals surface area contributed by atoms with E-state index in [-0.39, 0.29) is 10.2 Å². The number of rotatable bonds is 4. The quantitative estimate of drug-likeness (QED) is 0.689. The third kappa shape index (κ3) is 2.97. The summed E-state index contributed by atoms with van der Waals surface area (Å²) in [6.07, 6.45) is 1.72. The summed E-state index contributed by atoms with van der Waals surface area (Å²) >= 11 is 1.04. The van der Waals surface area contributed by atoms with E-state index in [1.165, 1.54) is 0 Å². The normalized spacial score (nSPS) is 10.5. The average molecular weight is 301 g/mol. The first kappa shape index (κ1) is 13.4. The highest BCUT2D eigenvalue weighted by Gasteiger charge is 2.15. The Bertz CT molecular complexity index is 788. The first-order valence-corrected chi connectivity index (χ1v) is 7.11. The molecule has 0 N–H and O–H groups in total. The molecule has 0 fully saturated rings. The van der Waals surface area contributed by atoms with Crippen LogP contribution in [0.25, 0.3) is 10.9 Å². The standard InChI is InChI=1S/C14H11N3O3S/c1-2-19-13(18)12-16-17-14(21-12)20-10-6-5-9-4-3-7-15-11(9)8-10/h3-8H,2H2,1H3. The summed E-state index contributed by atoms with van der Waals surface area (Å²) in [5.74, 6) is 0.0952. The molecule has 0 radical (unpaired) electrons. The number of nitrogens with zero attached hydrogens (tertiary/aromatic N) is 3. The molecule has 0 aliphatic heterocycles. The van der Waals surface area contributed by atoms with Gasteiger partial charge in [0.2, 0.25) is 5.01 Å². The van der Waals surface area contributed by atoms with Gasteiger partial charge in [-0.25, -0.2) is 4.79 Å². The molecule has 0 bridgehead atoms. The first-order valence-electron chi connectivity index (χ1n) is 6.29. The monoisotopic (exact) mass is 301 g/mol. The number of hydrogen-bond acceptors (Lipinski definition) is 7. The lowest BCUT2D eigenvalue weighted by Gasteiger charge is -2.02. The van der Waals surface area contributed by atoms with E-state index in [2.05, 4.69) is 15.2 Å². The van der Waals surface area contributed by atoms with Crippen LogP contribution in [0.5, 0.6) is 10.9 Å². The maximum Gasteiger partial charge on any atom is 0.369 e. The smallest absolute Gasteiger partial charge is 0.369 e. The van der Waals surface area contributed by atoms with Gasteiger partial charge in [-0.3, -0.25) is 4.98 Å². The predicted octanol–water partition coefficient (Wildman–Crippen LogP) is 3.06. The van der Waals surface area contributed by atoms with Gasteiger partial charge in [-0.1, -0.05) is 11.2 Å². The van der Waals surface area contributed by atoms with Gasteiger partial charge in [-0.15, -0.1) is 5.10 Å². The van der Waals surface area contributed by atoms with E-state index in [9.17, 15) is 4.79 Å². The zero-order valence-corrected chi connectivity index (χ0v) is 12.0. The Morgan fingerprint density at radius 3 is 3.05 bits per heavy atom. The van der Waals surface area contributed by atoms with Gasteiger partial charge in [0.25, 0.3) is 5.19 Å². The second-order valence-electron chi connectivity index (χ2n) is 4.05. The van der Waals surface area contributed by atoms with Crippen LogP contribution in [0.3, 0.4) is 0 Å². The molecular formula is C14H11N3O3S. The zero-order valence-electron chi connectivity index (χ0n) is 11.1. The van der Waals surface area contributed by atoms with E-state index >= 15 is 0 Å². The second-order valence-corrected chi connectivity index (χ2v) is 4.99. The number of ether oxygens (including phenoxy) is 2. The van der Waals surface area contributed by atoms with E-state index in [4.69, 9.17) is 9.47 Å². The molecule has 2 heterocycles. The Morgan fingerprint density at radius 2 is 2.19 bits per heavy atom. The van der Waals surface area contributed by atoms with E-state index in [0.717, 1.165) is 22.2 Å². The Labute approximate surface area is 124 Å². The molecular weight excluding hydrogens is 290 g/mol. The number of aromatic nitrogens is 3. The van der Waals surface area contributed by atoms with Gasteiger partial charge in [0, 0.05) is 17.6 Å². The van der Waals surface area contributed by atoms with Gasteiger partial charge < -0.3 is 9.47 Å². The average Bonchev–Trinajstić information content (AvgIpc) is 2.96. The number of carbonyl (C=O) groups is 1. The number of esters is 1. The van der Waals surface area contributed by atoms with E-state index in [1.54, 1.807) is 19.2 Å². The molecule has 106 valence electrons. The van der Waals surface area contributed by atoms with Crippen molar-refractivity contribution in [2.75, 3.05) is 6.61 Å². The Kier molecular flexibility index (Phi) is 3.74. The molecule has 21 heavy (non-hydrogen) atoms. The minimum Gasteiger partial charge on any atom is -0.461 e. The summed E-state index contributed by atoms with van der Waals surface area (Å²) in [6.45, 7) is 2.03. The van der Waals surface area contributed by atoms with Crippen LogP contribution in [0, 0.1) is 0 Å². The summed E-state index contributed by atoms with van der Waals surface area (Å²) in [5.41, 5.74) is 0.824. The van der Waals surface area contributed by atoms with Crippen LogP contribution < -0.4 is 4.74 Å². The molecule has 0 atom stereocenters. The fraction of sp³-hybridized carbons (Fsp3) is 0.143. The van der Waals surface area contributed by atoms with Crippen molar-refractivity contribution in [2.45, 2.75) is 6.92 Å². The SMILES string of the molecule is CCOC(=O)c1nnc(Oc2ccc3cccnc3c2)s1. The summed E-state index contributed by atoms with van der Waals surface area (Å²) in [4.78, 5) is 15.8. The molecule has 6 nitrogen and oxygen atoms in total. The van der Waals surface area contributed by atoms with Crippen molar-refractivity contribution >= 4 is 28.2 Å². The van der Waals surface area contributed by atoms with Crippen LogP contribution >= 0.6 is 11.3 Å². The first-order chi connectivity index (χ1) is 10.3. The lowest BCUT2D eigenvalue weighted by Crippen LogP contribution is -2.03. The van der Waals surface area contributed by atoms with Gasteiger partial charge in [0.05, 0.1) is 12.1 Å². The molecule has 3 aromatic rings. The summed E-state index contributed by atoms with van der Waals surface area (Å²) in [5, 5.41) is 9.05. The summed E-state index contributed by atoms with van der Waals surface area (Å²) in [7, 11) is 0. The third-order valence-corrected chi connectivity index (χ3v) is 3.42. The van der Waals surface area contributed by atoms with Crippen molar-refractivity contribution in [3.63, 3.8) is 0 Å². The molecule has 0 amide bonds. The zero-order chi connectivity index (χ0) is 14.7. The summed E-state index contributed by atoms with van der Waals surface area (Å²) in [6, 6.07) is 9.37. The fourth-order valence-corrected chi connectivity index (χ4v) is 2.35. The number of hydrogen-bond donors (Lipinski definition) is 0. The molecule has 0 saturated heterocycles. The highest BCUT2D eigenvalue weighted by atomic mass is 32.1. The van der Waals surface area contributed by atoms with Crippen LogP contribution in [0.4, 0.5) is 0 Å². The number of carbonyl (C=O) groups excluding carboxylic acids is 1. The van der Waals surface area contributed by atoms with E-state index < -0.39 is 5.97 Å². The van der Waals surface area contributed by atoms with Crippen LogP contribution in [0.1, 0.15) is 16.7 Å². The third-order valence-electron chi connectivity index (χ3n) is 2.64. The molecule has 0 aliphatic carbocycles. The van der Waals surface area contributed by atoms with Gasteiger partial charge >= 0.3 is 5.97 Å². The van der Waals surface area contributed by atoms with Crippen molar-refractivity contribution in [1.82, 2.24) is 15.2 Å². The Balaban J connectivity index is 1.80. The molecule has 0 aliphatic rings. The maximum absolute atomic E-state index is 11.5. The molecule has 0 spiro atoms. The van der Waals surface area contributed by atoms with Gasteiger partial charge in [0.1, 0.15) is 5.75 Å². The highest BCUT2D eigenvalue weighted by molar-refractivity contribution is 7.14. The fourth-order valence-electron chi connectivity index (χ4n) is 1.74. The largest absolute Gasteiger partial charge is 0.461 e. The lowest BCUT2D eigenvalue weighted by atomic mass is 10.2. The van der Waals surface area contributed by atoms with Crippen molar-refractivity contribution in [2.24, 2.45) is 0 Å². The molecule has 2 aromatic heterocycles. The lowest BCUT2D eigenvalue weighted by molar-refractivity contribution is 0.0525. The van der Waals surface area contributed by atoms with Crippen molar-refractivity contribution in [3.05, 3.63) is 41.5 Å². The van der Waals surface area contributed by atoms with Crippen molar-refractivity contribution in [3.8, 4) is 10.9 Å². The molecule has 3 rings (SSSR count). The van der Waals surface area contributed by atoms with Crippen LogP contribution in [-0.4, -0.2) is 27.8 Å². The highest BCUT2D eigenvalue weighted by Crippen LogP contribution is 2.27. The molecule has 1 aromatic carbocycles. The second kappa shape index (κ2) is 5.84. The van der Waals surface area contributed by atoms with Crippen LogP contribution in [0.15, 0.2) is 36.5 Å². The molecule has 7 heteroatoms. The molecule has 0 unspecified atom stereocenters. The van der Waals surface area contributed by atoms with Crippen LogP contribution in [-0.2, 0) is 4.74 Å². The van der Waals surface area contributed by atoms with Crippen molar-refractivity contribution in [1.29, 1.82) is 0 Å². The number of pyridine rings is 1. The Morgan fingerprint density at radius 1 is 1.29 bits per heavy atom. The van der Waals surface area contributed by atoms with Gasteiger partial charge in [-0.2, -0.15) is 0 Å². The van der Waals surface area contributed by atoms with Gasteiger partial charge in [0.15, 0.2) is 0 Å². The minimum absolute atomic E-state index is 0.172. The molecule has 0 saturated carbocycles. The van der Waals surface area contributed by atoms with E-state index in [1.807, 2.05) is 24.3 Å². The topological polar surface area (TPSA) is 74.2 Å². The summed E-state index contributed by atoms with van der Waals surface area (Å²) < 4.78 is 10.4. The maximum atomic E-state index is 11.5. The van der Waals surface area contributed by atoms with Crippen molar-refractivity contribution < 1.29 is 14.3 Å². The van der Waals surface area contributed by atoms with E-state index in [0.29, 0.717) is 12.4 Å². The Hall–Kier alpha value is -2.54. The minimum atomic E-state index is -0.495. The predicted molar refractivity (Wildman–Crippen MR) is 77.7 cm³/mol. The van der Waals surface area contributed by atoms with Gasteiger partial charge in [-0.05, 0) is 36.5 Å². The van der Waals surface area contributed by atoms with Crippen LogP contribution in [0.2, 0.25) is 0 Å². The number of benzene rings is 1.